The van der Waals surface area contributed by atoms with Crippen LogP contribution in [0.3, 0.4) is 0 Å². The number of rotatable bonds is 4. The number of likely N-dealkylation sites (N-methyl/N-ethyl adjacent to an activating group) is 1. The summed E-state index contributed by atoms with van der Waals surface area (Å²) in [5, 5.41) is 0. The Morgan fingerprint density at radius 3 is 2.83 bits per heavy atom. The number of ether oxygens (including phenoxy) is 3. The second kappa shape index (κ2) is 6.39. The lowest BCUT2D eigenvalue weighted by Crippen LogP contribution is -2.63. The molecule has 0 N–H and O–H groups in total. The Morgan fingerprint density at radius 2 is 2.03 bits per heavy atom. The topological polar surface area (TPSA) is 30.9 Å². The second-order valence-electron chi connectivity index (χ2n) is 9.01. The number of nitrogens with zero attached hydrogens (tertiary/aromatic N) is 1. The van der Waals surface area contributed by atoms with Gasteiger partial charge in [0.2, 0.25) is 0 Å². The van der Waals surface area contributed by atoms with Crippen molar-refractivity contribution >= 4 is 5.76 Å². The van der Waals surface area contributed by atoms with Gasteiger partial charge in [-0.25, -0.2) is 0 Å². The number of piperidine rings is 1. The number of likely N-dealkylation sites (tertiary alicyclic amines) is 1. The van der Waals surface area contributed by atoms with Gasteiger partial charge in [0.1, 0.15) is 11.5 Å². The number of hydrogen-bond acceptors (Lipinski definition) is 4. The van der Waals surface area contributed by atoms with Crippen LogP contribution in [0.2, 0.25) is 0 Å². The van der Waals surface area contributed by atoms with Gasteiger partial charge in [-0.05, 0) is 56.5 Å². The first-order valence-corrected chi connectivity index (χ1v) is 10.8. The standard InChI is InChI=1S/C26H27NO3/c1-16(17-7-5-4-6-8-17)29-22-12-10-19-20-15-18-9-11-21(28-3)24-23(18)26(19,25(22)30-24)13-14-27(20)2/h4-9,11-12,19-20,25H,1,10,13-15H2,2-3H3. The van der Waals surface area contributed by atoms with Crippen LogP contribution in [0.1, 0.15) is 29.5 Å². The third-order valence-electron chi connectivity index (χ3n) is 7.76. The molecule has 4 atom stereocenters. The van der Waals surface area contributed by atoms with Crippen molar-refractivity contribution in [3.8, 4) is 11.5 Å². The minimum Gasteiger partial charge on any atom is -0.493 e. The predicted octanol–water partition coefficient (Wildman–Crippen LogP) is 4.55. The molecule has 2 heterocycles. The summed E-state index contributed by atoms with van der Waals surface area (Å²) in [5.74, 6) is 3.85. The van der Waals surface area contributed by atoms with Crippen molar-refractivity contribution in [2.45, 2.75) is 36.8 Å². The quantitative estimate of drug-likeness (QED) is 0.704. The van der Waals surface area contributed by atoms with E-state index in [1.54, 1.807) is 7.11 Å². The Hall–Kier alpha value is -2.72. The van der Waals surface area contributed by atoms with Crippen molar-refractivity contribution < 1.29 is 14.2 Å². The summed E-state index contributed by atoms with van der Waals surface area (Å²) < 4.78 is 18.8. The molecule has 2 bridgehead atoms. The van der Waals surface area contributed by atoms with Gasteiger partial charge in [-0.3, -0.25) is 0 Å². The summed E-state index contributed by atoms with van der Waals surface area (Å²) in [6.45, 7) is 5.28. The first-order chi connectivity index (χ1) is 14.6. The van der Waals surface area contributed by atoms with Crippen LogP contribution in [0, 0.1) is 5.92 Å². The molecule has 0 saturated carbocycles. The van der Waals surface area contributed by atoms with Gasteiger partial charge in [-0.15, -0.1) is 0 Å². The van der Waals surface area contributed by atoms with Gasteiger partial charge >= 0.3 is 0 Å². The molecule has 2 aromatic rings. The van der Waals surface area contributed by atoms with Crippen LogP contribution >= 0.6 is 0 Å². The molecule has 4 unspecified atom stereocenters. The van der Waals surface area contributed by atoms with Crippen molar-refractivity contribution in [3.63, 3.8) is 0 Å². The highest BCUT2D eigenvalue weighted by molar-refractivity contribution is 5.63. The fourth-order valence-electron chi connectivity index (χ4n) is 6.39. The van der Waals surface area contributed by atoms with Crippen molar-refractivity contribution in [1.82, 2.24) is 4.90 Å². The van der Waals surface area contributed by atoms with Gasteiger partial charge in [0.15, 0.2) is 17.6 Å². The Balaban J connectivity index is 1.46. The Kier molecular flexibility index (Phi) is 3.85. The third kappa shape index (κ3) is 2.26. The summed E-state index contributed by atoms with van der Waals surface area (Å²) in [4.78, 5) is 2.54. The lowest BCUT2D eigenvalue weighted by molar-refractivity contribution is -0.0223. The van der Waals surface area contributed by atoms with E-state index < -0.39 is 0 Å². The number of hydrogen-bond donors (Lipinski definition) is 0. The zero-order valence-electron chi connectivity index (χ0n) is 17.6. The van der Waals surface area contributed by atoms with E-state index in [1.165, 1.54) is 11.1 Å². The fraction of sp³-hybridized carbons (Fsp3) is 0.385. The maximum absolute atomic E-state index is 6.71. The number of methoxy groups -OCH3 is 1. The van der Waals surface area contributed by atoms with Crippen LogP contribution in [0.25, 0.3) is 5.76 Å². The molecule has 0 aromatic heterocycles. The molecular formula is C26H27NO3. The fourth-order valence-corrected chi connectivity index (χ4v) is 6.39. The van der Waals surface area contributed by atoms with Crippen LogP contribution in [0.15, 0.2) is 60.9 Å². The molecule has 30 heavy (non-hydrogen) atoms. The molecular weight excluding hydrogens is 374 g/mol. The molecule has 154 valence electrons. The molecule has 2 aromatic carbocycles. The van der Waals surface area contributed by atoms with Gasteiger partial charge in [0.05, 0.1) is 7.11 Å². The molecule has 6 rings (SSSR count). The normalized spacial score (nSPS) is 30.7. The van der Waals surface area contributed by atoms with E-state index in [0.717, 1.165) is 48.6 Å². The number of benzene rings is 2. The zero-order valence-corrected chi connectivity index (χ0v) is 17.6. The SMILES string of the molecule is C=C(OC1=CCC2C3Cc4ccc(OC)c5c4C2(CCN3C)C1O5)c1ccccc1. The van der Waals surface area contributed by atoms with Crippen LogP contribution in [-0.2, 0) is 16.6 Å². The third-order valence-corrected chi connectivity index (χ3v) is 7.76. The highest BCUT2D eigenvalue weighted by atomic mass is 16.6. The van der Waals surface area contributed by atoms with Crippen LogP contribution in [-0.4, -0.2) is 37.7 Å². The molecule has 4 aliphatic rings. The van der Waals surface area contributed by atoms with Crippen LogP contribution in [0.5, 0.6) is 11.5 Å². The van der Waals surface area contributed by atoms with Crippen LogP contribution in [0.4, 0.5) is 0 Å². The van der Waals surface area contributed by atoms with Crippen molar-refractivity contribution in [3.05, 3.63) is 77.6 Å². The minimum absolute atomic E-state index is 0.0459. The average Bonchev–Trinajstić information content (AvgIpc) is 3.13. The molecule has 1 fully saturated rings. The molecule has 0 radical (unpaired) electrons. The van der Waals surface area contributed by atoms with E-state index in [2.05, 4.69) is 36.7 Å². The lowest BCUT2D eigenvalue weighted by Gasteiger charge is -2.56. The van der Waals surface area contributed by atoms with Crippen LogP contribution < -0.4 is 9.47 Å². The summed E-state index contributed by atoms with van der Waals surface area (Å²) >= 11 is 0. The molecule has 4 heteroatoms. The molecule has 2 aliphatic heterocycles. The maximum Gasteiger partial charge on any atom is 0.166 e. The second-order valence-corrected chi connectivity index (χ2v) is 9.01. The smallest absolute Gasteiger partial charge is 0.166 e. The lowest BCUT2D eigenvalue weighted by atomic mass is 9.53. The molecule has 4 nitrogen and oxygen atoms in total. The Bertz CT molecular complexity index is 1060. The zero-order chi connectivity index (χ0) is 20.5. The molecule has 0 amide bonds. The van der Waals surface area contributed by atoms with Crippen molar-refractivity contribution in [2.24, 2.45) is 5.92 Å². The van der Waals surface area contributed by atoms with E-state index >= 15 is 0 Å². The van der Waals surface area contributed by atoms with Gasteiger partial charge in [-0.1, -0.05) is 43.0 Å². The summed E-state index contributed by atoms with van der Waals surface area (Å²) in [6, 6.07) is 14.9. The highest BCUT2D eigenvalue weighted by Crippen LogP contribution is 2.64. The van der Waals surface area contributed by atoms with Crippen molar-refractivity contribution in [2.75, 3.05) is 20.7 Å². The first kappa shape index (κ1) is 18.1. The first-order valence-electron chi connectivity index (χ1n) is 10.8. The molecule has 2 aliphatic carbocycles. The minimum atomic E-state index is -0.127. The van der Waals surface area contributed by atoms with Gasteiger partial charge < -0.3 is 19.1 Å². The van der Waals surface area contributed by atoms with E-state index in [1.807, 2.05) is 30.3 Å². The van der Waals surface area contributed by atoms with E-state index in [4.69, 9.17) is 14.2 Å². The maximum atomic E-state index is 6.71. The van der Waals surface area contributed by atoms with E-state index in [-0.39, 0.29) is 11.5 Å². The largest absolute Gasteiger partial charge is 0.493 e. The van der Waals surface area contributed by atoms with Gasteiger partial charge in [-0.2, -0.15) is 0 Å². The van der Waals surface area contributed by atoms with Crippen molar-refractivity contribution in [1.29, 1.82) is 0 Å². The van der Waals surface area contributed by atoms with Gasteiger partial charge in [0, 0.05) is 22.6 Å². The van der Waals surface area contributed by atoms with E-state index in [9.17, 15) is 0 Å². The Labute approximate surface area is 177 Å². The summed E-state index contributed by atoms with van der Waals surface area (Å²) in [5.41, 5.74) is 3.73. The Morgan fingerprint density at radius 1 is 1.20 bits per heavy atom. The van der Waals surface area contributed by atoms with Gasteiger partial charge in [0.25, 0.3) is 0 Å². The summed E-state index contributed by atoms with van der Waals surface area (Å²) in [6.07, 6.45) is 5.27. The predicted molar refractivity (Wildman–Crippen MR) is 117 cm³/mol. The summed E-state index contributed by atoms with van der Waals surface area (Å²) in [7, 11) is 3.99. The molecule has 1 saturated heterocycles. The van der Waals surface area contributed by atoms with E-state index in [0.29, 0.717) is 17.7 Å². The molecule has 1 spiro atoms. The number of allylic oxidation sites excluding steroid dienone is 1. The average molecular weight is 402 g/mol. The monoisotopic (exact) mass is 401 g/mol. The highest BCUT2D eigenvalue weighted by Gasteiger charge is 2.64.